The zero-order chi connectivity index (χ0) is 30.9. The molecule has 0 atom stereocenters. The number of nitrogens with one attached hydrogen (secondary N) is 3. The molecule has 44 heavy (non-hydrogen) atoms. The fourth-order valence-electron chi connectivity index (χ4n) is 5.77. The second-order valence-corrected chi connectivity index (χ2v) is 11.2. The number of carbonyl (C=O) groups is 2. The summed E-state index contributed by atoms with van der Waals surface area (Å²) in [6.07, 6.45) is -1.65. The average molecular weight is 610 g/mol. The Morgan fingerprint density at radius 2 is 1.57 bits per heavy atom. The number of rotatable bonds is 9. The van der Waals surface area contributed by atoms with Gasteiger partial charge in [-0.2, -0.15) is 13.2 Å². The average Bonchev–Trinajstić information content (AvgIpc) is 3.02. The molecule has 8 nitrogen and oxygen atoms in total. The highest BCUT2D eigenvalue weighted by atomic mass is 19.4. The van der Waals surface area contributed by atoms with Gasteiger partial charge in [-0.3, -0.25) is 9.69 Å². The Bertz CT molecular complexity index is 1410. The maximum atomic E-state index is 13.5. The van der Waals surface area contributed by atoms with Crippen LogP contribution in [-0.4, -0.2) is 69.3 Å². The maximum Gasteiger partial charge on any atom is 0.418 e. The van der Waals surface area contributed by atoms with Crippen LogP contribution in [0.25, 0.3) is 0 Å². The minimum absolute atomic E-state index is 0.272. The monoisotopic (exact) mass is 609 g/mol. The Balaban J connectivity index is 1.28. The molecule has 2 aliphatic rings. The van der Waals surface area contributed by atoms with Crippen LogP contribution >= 0.6 is 0 Å². The molecule has 3 N–H and O–H groups in total. The molecule has 0 saturated carbocycles. The van der Waals surface area contributed by atoms with Crippen LogP contribution in [0.4, 0.5) is 35.0 Å². The third-order valence-corrected chi connectivity index (χ3v) is 8.12. The molecule has 2 fully saturated rings. The molecule has 3 aromatic carbocycles. The summed E-state index contributed by atoms with van der Waals surface area (Å²) in [5.41, 5.74) is 1.49. The number of morpholine rings is 1. The zero-order valence-corrected chi connectivity index (χ0v) is 24.5. The smallest absolute Gasteiger partial charge is 0.379 e. The van der Waals surface area contributed by atoms with Gasteiger partial charge in [0.15, 0.2) is 0 Å². The van der Waals surface area contributed by atoms with Crippen molar-refractivity contribution in [3.63, 3.8) is 0 Å². The Labute approximate surface area is 255 Å². The molecule has 0 bridgehead atoms. The van der Waals surface area contributed by atoms with Crippen molar-refractivity contribution in [1.29, 1.82) is 0 Å². The van der Waals surface area contributed by atoms with Crippen molar-refractivity contribution < 1.29 is 27.5 Å². The number of halogens is 3. The molecule has 0 aromatic heterocycles. The van der Waals surface area contributed by atoms with Crippen LogP contribution in [0.1, 0.15) is 34.3 Å². The Morgan fingerprint density at radius 1 is 0.864 bits per heavy atom. The molecule has 0 aliphatic carbocycles. The number of anilines is 3. The van der Waals surface area contributed by atoms with Gasteiger partial charge in [0, 0.05) is 50.6 Å². The third kappa shape index (κ3) is 8.51. The van der Waals surface area contributed by atoms with Crippen molar-refractivity contribution >= 4 is 29.0 Å². The number of piperidine rings is 1. The van der Waals surface area contributed by atoms with E-state index in [1.165, 1.54) is 23.8 Å². The second-order valence-electron chi connectivity index (χ2n) is 11.2. The van der Waals surface area contributed by atoms with Crippen LogP contribution in [0.3, 0.4) is 0 Å². The van der Waals surface area contributed by atoms with E-state index in [0.29, 0.717) is 43.5 Å². The molecule has 0 radical (unpaired) electrons. The van der Waals surface area contributed by atoms with Gasteiger partial charge in [-0.25, -0.2) is 4.79 Å². The Kier molecular flexibility index (Phi) is 10.4. The van der Waals surface area contributed by atoms with E-state index in [2.05, 4.69) is 50.0 Å². The van der Waals surface area contributed by atoms with Crippen molar-refractivity contribution in [1.82, 2.24) is 10.2 Å². The molecule has 2 saturated heterocycles. The van der Waals surface area contributed by atoms with Gasteiger partial charge in [-0.1, -0.05) is 42.5 Å². The zero-order valence-electron chi connectivity index (χ0n) is 24.5. The fraction of sp³-hybridized carbons (Fsp3) is 0.394. The van der Waals surface area contributed by atoms with E-state index in [1.807, 2.05) is 6.07 Å². The highest BCUT2D eigenvalue weighted by Gasteiger charge is 2.33. The van der Waals surface area contributed by atoms with Crippen LogP contribution in [0, 0.1) is 5.92 Å². The van der Waals surface area contributed by atoms with Gasteiger partial charge in [0.1, 0.15) is 0 Å². The standard InChI is InChI=1S/C33H38F3N5O3/c34-33(35,36)28-8-4-5-9-29(28)39-32(43)38-26-10-11-30(27(23-26)31(42)37-14-17-40-18-20-44-21-19-40)41-15-12-25(13-16-41)22-24-6-2-1-3-7-24/h1-11,23,25H,12-22H2,(H,37,42)(H2,38,39,43). The first-order valence-electron chi connectivity index (χ1n) is 15.0. The van der Waals surface area contributed by atoms with Crippen LogP contribution in [0.5, 0.6) is 0 Å². The summed E-state index contributed by atoms with van der Waals surface area (Å²) >= 11 is 0. The summed E-state index contributed by atoms with van der Waals surface area (Å²) in [6, 6.07) is 19.4. The first-order chi connectivity index (χ1) is 21.3. The topological polar surface area (TPSA) is 85.9 Å². The number of amides is 3. The van der Waals surface area contributed by atoms with Gasteiger partial charge in [0.2, 0.25) is 0 Å². The summed E-state index contributed by atoms with van der Waals surface area (Å²) in [6.45, 7) is 5.66. The van der Waals surface area contributed by atoms with E-state index in [0.717, 1.165) is 57.2 Å². The summed E-state index contributed by atoms with van der Waals surface area (Å²) in [7, 11) is 0. The normalized spacial score (nSPS) is 16.4. The predicted molar refractivity (Wildman–Crippen MR) is 165 cm³/mol. The third-order valence-electron chi connectivity index (χ3n) is 8.12. The van der Waals surface area contributed by atoms with Crippen LogP contribution < -0.4 is 20.9 Å². The van der Waals surface area contributed by atoms with Crippen molar-refractivity contribution in [3.05, 3.63) is 89.5 Å². The van der Waals surface area contributed by atoms with E-state index in [-0.39, 0.29) is 11.6 Å². The second kappa shape index (κ2) is 14.6. The fourth-order valence-corrected chi connectivity index (χ4v) is 5.77. The molecule has 2 heterocycles. The summed E-state index contributed by atoms with van der Waals surface area (Å²) < 4.78 is 45.6. The molecular formula is C33H38F3N5O3. The van der Waals surface area contributed by atoms with Crippen molar-refractivity contribution in [2.75, 3.05) is 68.0 Å². The van der Waals surface area contributed by atoms with Crippen molar-refractivity contribution in [2.45, 2.75) is 25.4 Å². The summed E-state index contributed by atoms with van der Waals surface area (Å²) in [4.78, 5) is 30.7. The first kappa shape index (κ1) is 31.3. The van der Waals surface area contributed by atoms with Gasteiger partial charge in [0.25, 0.3) is 5.91 Å². The number of carbonyl (C=O) groups excluding carboxylic acids is 2. The van der Waals surface area contributed by atoms with E-state index in [1.54, 1.807) is 18.2 Å². The number of nitrogens with zero attached hydrogens (tertiary/aromatic N) is 2. The van der Waals surface area contributed by atoms with Crippen LogP contribution in [-0.2, 0) is 17.3 Å². The number of ether oxygens (including phenoxy) is 1. The molecule has 11 heteroatoms. The number of hydrogen-bond donors (Lipinski definition) is 3. The molecule has 0 spiro atoms. The molecule has 5 rings (SSSR count). The highest BCUT2D eigenvalue weighted by molar-refractivity contribution is 6.04. The SMILES string of the molecule is O=C(Nc1ccc(N2CCC(Cc3ccccc3)CC2)c(C(=O)NCCN2CCOCC2)c1)Nc1ccccc1C(F)(F)F. The Hall–Kier alpha value is -4.09. The lowest BCUT2D eigenvalue weighted by Crippen LogP contribution is -2.41. The maximum absolute atomic E-state index is 13.5. The Morgan fingerprint density at radius 3 is 2.30 bits per heavy atom. The van der Waals surface area contributed by atoms with Gasteiger partial charge in [-0.05, 0) is 61.1 Å². The van der Waals surface area contributed by atoms with Crippen LogP contribution in [0.2, 0.25) is 0 Å². The summed E-state index contributed by atoms with van der Waals surface area (Å²) in [5.74, 6) is 0.273. The lowest BCUT2D eigenvalue weighted by atomic mass is 9.89. The number of alkyl halides is 3. The van der Waals surface area contributed by atoms with Gasteiger partial charge >= 0.3 is 12.2 Å². The van der Waals surface area contributed by atoms with E-state index in [9.17, 15) is 22.8 Å². The van der Waals surface area contributed by atoms with Crippen LogP contribution in [0.15, 0.2) is 72.8 Å². The van der Waals surface area contributed by atoms with Crippen molar-refractivity contribution in [2.24, 2.45) is 5.92 Å². The van der Waals surface area contributed by atoms with Gasteiger partial charge < -0.3 is 25.6 Å². The molecule has 2 aliphatic heterocycles. The first-order valence-corrected chi connectivity index (χ1v) is 15.0. The van der Waals surface area contributed by atoms with E-state index in [4.69, 9.17) is 4.74 Å². The predicted octanol–water partition coefficient (Wildman–Crippen LogP) is 5.87. The molecule has 0 unspecified atom stereocenters. The highest BCUT2D eigenvalue weighted by Crippen LogP contribution is 2.35. The number of urea groups is 1. The van der Waals surface area contributed by atoms with Gasteiger partial charge in [0.05, 0.1) is 30.0 Å². The number of para-hydroxylation sites is 1. The lowest BCUT2D eigenvalue weighted by Gasteiger charge is -2.35. The minimum atomic E-state index is -4.62. The number of benzene rings is 3. The molecule has 3 amide bonds. The van der Waals surface area contributed by atoms with E-state index >= 15 is 0 Å². The molecule has 234 valence electrons. The van der Waals surface area contributed by atoms with E-state index < -0.39 is 17.8 Å². The molecule has 3 aromatic rings. The number of hydrogen-bond acceptors (Lipinski definition) is 5. The van der Waals surface area contributed by atoms with Crippen molar-refractivity contribution in [3.8, 4) is 0 Å². The largest absolute Gasteiger partial charge is 0.418 e. The quantitative estimate of drug-likeness (QED) is 0.283. The minimum Gasteiger partial charge on any atom is -0.379 e. The summed E-state index contributed by atoms with van der Waals surface area (Å²) in [5, 5.41) is 7.90. The van der Waals surface area contributed by atoms with Gasteiger partial charge in [-0.15, -0.1) is 0 Å². The lowest BCUT2D eigenvalue weighted by molar-refractivity contribution is -0.136. The molecular weight excluding hydrogens is 571 g/mol.